The SMILES string of the molecule is C=C1CC2COC(=O)C2(CCCc2ccccc2)C1. The molecule has 1 aromatic carbocycles. The normalized spacial score (nSPS) is 29.4. The van der Waals surface area contributed by atoms with Crippen molar-refractivity contribution in [1.29, 1.82) is 0 Å². The summed E-state index contributed by atoms with van der Waals surface area (Å²) in [5.74, 6) is 0.396. The van der Waals surface area contributed by atoms with Crippen LogP contribution in [0.15, 0.2) is 42.5 Å². The van der Waals surface area contributed by atoms with Crippen molar-refractivity contribution in [2.24, 2.45) is 11.3 Å². The lowest BCUT2D eigenvalue weighted by Gasteiger charge is -2.23. The minimum Gasteiger partial charge on any atom is -0.465 e. The maximum Gasteiger partial charge on any atom is 0.312 e. The number of carbonyl (C=O) groups is 1. The molecule has 3 rings (SSSR count). The number of ether oxygens (including phenoxy) is 1. The molecule has 2 aliphatic rings. The van der Waals surface area contributed by atoms with Crippen LogP contribution in [-0.2, 0) is 16.0 Å². The van der Waals surface area contributed by atoms with Gasteiger partial charge in [-0.1, -0.05) is 42.5 Å². The number of hydrogen-bond acceptors (Lipinski definition) is 2. The second-order valence-corrected chi connectivity index (χ2v) is 5.92. The molecule has 100 valence electrons. The van der Waals surface area contributed by atoms with Crippen molar-refractivity contribution in [3.8, 4) is 0 Å². The number of hydrogen-bond donors (Lipinski definition) is 0. The van der Waals surface area contributed by atoms with Crippen LogP contribution >= 0.6 is 0 Å². The van der Waals surface area contributed by atoms with E-state index < -0.39 is 0 Å². The van der Waals surface area contributed by atoms with Gasteiger partial charge < -0.3 is 4.74 Å². The van der Waals surface area contributed by atoms with Gasteiger partial charge in [0.2, 0.25) is 0 Å². The van der Waals surface area contributed by atoms with Gasteiger partial charge in [0.25, 0.3) is 0 Å². The molecule has 2 nitrogen and oxygen atoms in total. The van der Waals surface area contributed by atoms with Gasteiger partial charge in [0.05, 0.1) is 12.0 Å². The third-order valence-corrected chi connectivity index (χ3v) is 4.64. The van der Waals surface area contributed by atoms with Crippen molar-refractivity contribution < 1.29 is 9.53 Å². The van der Waals surface area contributed by atoms with Gasteiger partial charge in [0.15, 0.2) is 0 Å². The molecular formula is C17H20O2. The van der Waals surface area contributed by atoms with E-state index in [1.165, 1.54) is 11.1 Å². The van der Waals surface area contributed by atoms with Gasteiger partial charge in [-0.2, -0.15) is 0 Å². The second-order valence-electron chi connectivity index (χ2n) is 5.92. The molecule has 2 heteroatoms. The summed E-state index contributed by atoms with van der Waals surface area (Å²) in [7, 11) is 0. The first-order valence-corrected chi connectivity index (χ1v) is 7.08. The number of fused-ring (bicyclic) bond motifs is 1. The molecule has 0 N–H and O–H groups in total. The van der Waals surface area contributed by atoms with Crippen LogP contribution in [0.25, 0.3) is 0 Å². The van der Waals surface area contributed by atoms with Crippen LogP contribution in [-0.4, -0.2) is 12.6 Å². The van der Waals surface area contributed by atoms with Gasteiger partial charge in [0, 0.05) is 5.92 Å². The first-order valence-electron chi connectivity index (χ1n) is 7.08. The van der Waals surface area contributed by atoms with E-state index in [-0.39, 0.29) is 11.4 Å². The van der Waals surface area contributed by atoms with E-state index >= 15 is 0 Å². The zero-order valence-corrected chi connectivity index (χ0v) is 11.2. The molecule has 2 atom stereocenters. The van der Waals surface area contributed by atoms with Crippen molar-refractivity contribution in [3.05, 3.63) is 48.0 Å². The lowest BCUT2D eigenvalue weighted by Crippen LogP contribution is -2.29. The summed E-state index contributed by atoms with van der Waals surface area (Å²) in [4.78, 5) is 12.1. The van der Waals surface area contributed by atoms with Crippen molar-refractivity contribution in [3.63, 3.8) is 0 Å². The van der Waals surface area contributed by atoms with E-state index in [9.17, 15) is 4.79 Å². The molecule has 1 heterocycles. The predicted octanol–water partition coefficient (Wildman–Crippen LogP) is 3.52. The fourth-order valence-electron chi connectivity index (χ4n) is 3.63. The number of allylic oxidation sites excluding steroid dienone is 1. The zero-order valence-electron chi connectivity index (χ0n) is 11.2. The maximum absolute atomic E-state index is 12.1. The molecule has 1 saturated carbocycles. The van der Waals surface area contributed by atoms with Crippen LogP contribution in [0.3, 0.4) is 0 Å². The van der Waals surface area contributed by atoms with E-state index in [1.54, 1.807) is 0 Å². The Morgan fingerprint density at radius 3 is 2.89 bits per heavy atom. The Hall–Kier alpha value is -1.57. The molecule has 0 amide bonds. The van der Waals surface area contributed by atoms with Crippen molar-refractivity contribution in [1.82, 2.24) is 0 Å². The maximum atomic E-state index is 12.1. The lowest BCUT2D eigenvalue weighted by molar-refractivity contribution is -0.146. The average molecular weight is 256 g/mol. The highest BCUT2D eigenvalue weighted by molar-refractivity contribution is 5.80. The monoisotopic (exact) mass is 256 g/mol. The van der Waals surface area contributed by atoms with Gasteiger partial charge in [-0.25, -0.2) is 0 Å². The molecule has 1 saturated heterocycles. The topological polar surface area (TPSA) is 26.3 Å². The molecule has 0 aromatic heterocycles. The average Bonchev–Trinajstić information content (AvgIpc) is 2.87. The molecule has 2 fully saturated rings. The Morgan fingerprint density at radius 2 is 2.11 bits per heavy atom. The van der Waals surface area contributed by atoms with E-state index in [0.29, 0.717) is 12.5 Å². The summed E-state index contributed by atoms with van der Waals surface area (Å²) in [6.45, 7) is 4.67. The lowest BCUT2D eigenvalue weighted by atomic mass is 9.75. The number of esters is 1. The minimum absolute atomic E-state index is 0.0178. The molecule has 0 radical (unpaired) electrons. The van der Waals surface area contributed by atoms with Crippen LogP contribution in [0.1, 0.15) is 31.2 Å². The molecule has 1 aromatic rings. The number of cyclic esters (lactones) is 1. The summed E-state index contributed by atoms with van der Waals surface area (Å²) >= 11 is 0. The van der Waals surface area contributed by atoms with Crippen LogP contribution in [0.4, 0.5) is 0 Å². The summed E-state index contributed by atoms with van der Waals surface area (Å²) in [6.07, 6.45) is 4.82. The van der Waals surface area contributed by atoms with Gasteiger partial charge in [-0.15, -0.1) is 0 Å². The molecule has 0 bridgehead atoms. The molecule has 19 heavy (non-hydrogen) atoms. The minimum atomic E-state index is -0.244. The summed E-state index contributed by atoms with van der Waals surface area (Å²) in [5, 5.41) is 0. The quantitative estimate of drug-likeness (QED) is 0.608. The third-order valence-electron chi connectivity index (χ3n) is 4.64. The highest BCUT2D eigenvalue weighted by atomic mass is 16.5. The number of benzene rings is 1. The fraction of sp³-hybridized carbons (Fsp3) is 0.471. The van der Waals surface area contributed by atoms with E-state index in [0.717, 1.165) is 32.1 Å². The van der Waals surface area contributed by atoms with E-state index in [4.69, 9.17) is 4.74 Å². The highest BCUT2D eigenvalue weighted by Gasteiger charge is 2.55. The van der Waals surface area contributed by atoms with Crippen LogP contribution in [0.2, 0.25) is 0 Å². The van der Waals surface area contributed by atoms with E-state index in [1.807, 2.05) is 6.07 Å². The zero-order chi connectivity index (χ0) is 13.3. The number of carbonyl (C=O) groups excluding carboxylic acids is 1. The molecular weight excluding hydrogens is 236 g/mol. The van der Waals surface area contributed by atoms with Crippen LogP contribution in [0.5, 0.6) is 0 Å². The Morgan fingerprint density at radius 1 is 1.32 bits per heavy atom. The Labute approximate surface area is 114 Å². The fourth-order valence-corrected chi connectivity index (χ4v) is 3.63. The van der Waals surface area contributed by atoms with Gasteiger partial charge in [-0.05, 0) is 37.7 Å². The summed E-state index contributed by atoms with van der Waals surface area (Å²) < 4.78 is 5.29. The van der Waals surface area contributed by atoms with Gasteiger partial charge >= 0.3 is 5.97 Å². The van der Waals surface area contributed by atoms with Gasteiger partial charge in [-0.3, -0.25) is 4.79 Å². The first-order chi connectivity index (χ1) is 9.21. The number of aryl methyl sites for hydroxylation is 1. The van der Waals surface area contributed by atoms with Crippen LogP contribution in [0, 0.1) is 11.3 Å². The van der Waals surface area contributed by atoms with E-state index in [2.05, 4.69) is 30.8 Å². The second kappa shape index (κ2) is 4.84. The smallest absolute Gasteiger partial charge is 0.312 e. The molecule has 2 unspecified atom stereocenters. The van der Waals surface area contributed by atoms with Crippen molar-refractivity contribution in [2.75, 3.05) is 6.61 Å². The van der Waals surface area contributed by atoms with Crippen molar-refractivity contribution >= 4 is 5.97 Å². The largest absolute Gasteiger partial charge is 0.465 e. The summed E-state index contributed by atoms with van der Waals surface area (Å²) in [5.41, 5.74) is 2.33. The predicted molar refractivity (Wildman–Crippen MR) is 74.6 cm³/mol. The number of rotatable bonds is 4. The first kappa shape index (κ1) is 12.5. The van der Waals surface area contributed by atoms with Crippen LogP contribution < -0.4 is 0 Å². The standard InChI is InChI=1S/C17H20O2/c1-13-10-15-12-19-16(18)17(15,11-13)9-5-8-14-6-3-2-4-7-14/h2-4,6-7,15H,1,5,8-12H2. The molecule has 1 aliphatic heterocycles. The Balaban J connectivity index is 1.65. The Kier molecular flexibility index (Phi) is 3.17. The highest BCUT2D eigenvalue weighted by Crippen LogP contribution is 2.53. The molecule has 0 spiro atoms. The van der Waals surface area contributed by atoms with Crippen molar-refractivity contribution in [2.45, 2.75) is 32.1 Å². The third kappa shape index (κ3) is 2.20. The summed E-state index contributed by atoms with van der Waals surface area (Å²) in [6, 6.07) is 10.5. The molecule has 1 aliphatic carbocycles. The Bertz CT molecular complexity index is 491. The van der Waals surface area contributed by atoms with Gasteiger partial charge in [0.1, 0.15) is 0 Å².